The lowest BCUT2D eigenvalue weighted by Gasteiger charge is -2.57. The number of rotatable bonds is 3. The van der Waals surface area contributed by atoms with Crippen molar-refractivity contribution in [2.75, 3.05) is 32.7 Å². The van der Waals surface area contributed by atoms with Gasteiger partial charge in [0.1, 0.15) is 5.69 Å². The highest BCUT2D eigenvalue weighted by atomic mass is 16.2. The first-order valence-corrected chi connectivity index (χ1v) is 9.52. The van der Waals surface area contributed by atoms with E-state index >= 15 is 0 Å². The van der Waals surface area contributed by atoms with E-state index in [1.807, 2.05) is 4.90 Å². The fraction of sp³-hybridized carbons (Fsp3) is 0.650. The molecule has 3 aliphatic carbocycles. The molecule has 2 bridgehead atoms. The largest absolute Gasteiger partial charge is 0.336 e. The van der Waals surface area contributed by atoms with Gasteiger partial charge >= 0.3 is 0 Å². The lowest BCUT2D eigenvalue weighted by Crippen LogP contribution is -2.50. The summed E-state index contributed by atoms with van der Waals surface area (Å²) in [4.78, 5) is 25.2. The van der Waals surface area contributed by atoms with E-state index < -0.39 is 0 Å². The number of aromatic nitrogens is 2. The number of fused-ring (bicyclic) bond motifs is 1. The van der Waals surface area contributed by atoms with Crippen molar-refractivity contribution in [1.29, 1.82) is 0 Å². The highest BCUT2D eigenvalue weighted by Crippen LogP contribution is 2.59. The van der Waals surface area contributed by atoms with Crippen LogP contribution < -0.4 is 0 Å². The van der Waals surface area contributed by atoms with Crippen LogP contribution in [0.25, 0.3) is 0 Å². The standard InChI is InChI=1S/C20H28N4O/c1-20(2)16-5-4-15(17(20)12-16)14-23-8-3-9-24(11-10-23)19(25)18-13-21-6-7-22-18/h4,6-7,13,16-17H,3,5,8-12,14H2,1-2H3/t16-,17-/m0/s1. The van der Waals surface area contributed by atoms with Crippen molar-refractivity contribution in [2.45, 2.75) is 33.1 Å². The molecule has 1 aromatic heterocycles. The fourth-order valence-electron chi connectivity index (χ4n) is 4.82. The van der Waals surface area contributed by atoms with Crippen LogP contribution >= 0.6 is 0 Å². The van der Waals surface area contributed by atoms with Crippen LogP contribution in [-0.2, 0) is 0 Å². The molecule has 1 saturated heterocycles. The Bertz CT molecular complexity index is 670. The van der Waals surface area contributed by atoms with Gasteiger partial charge in [0.15, 0.2) is 0 Å². The van der Waals surface area contributed by atoms with E-state index in [2.05, 4.69) is 34.8 Å². The Morgan fingerprint density at radius 3 is 2.84 bits per heavy atom. The van der Waals surface area contributed by atoms with Crippen LogP contribution in [0.1, 0.15) is 43.6 Å². The Morgan fingerprint density at radius 1 is 1.24 bits per heavy atom. The Balaban J connectivity index is 1.36. The first-order chi connectivity index (χ1) is 12.1. The zero-order valence-corrected chi connectivity index (χ0v) is 15.3. The van der Waals surface area contributed by atoms with Gasteiger partial charge in [-0.1, -0.05) is 25.5 Å². The second kappa shape index (κ2) is 6.52. The summed E-state index contributed by atoms with van der Waals surface area (Å²) in [7, 11) is 0. The number of nitrogens with zero attached hydrogens (tertiary/aromatic N) is 4. The third kappa shape index (κ3) is 3.10. The molecule has 0 unspecified atom stereocenters. The first-order valence-electron chi connectivity index (χ1n) is 9.52. The summed E-state index contributed by atoms with van der Waals surface area (Å²) in [5, 5.41) is 0. The van der Waals surface area contributed by atoms with Gasteiger partial charge in [-0.3, -0.25) is 14.7 Å². The molecule has 134 valence electrons. The van der Waals surface area contributed by atoms with Crippen LogP contribution in [0.15, 0.2) is 30.2 Å². The molecule has 1 amide bonds. The van der Waals surface area contributed by atoms with Crippen molar-refractivity contribution in [2.24, 2.45) is 17.3 Å². The summed E-state index contributed by atoms with van der Waals surface area (Å²) in [6, 6.07) is 0. The molecule has 25 heavy (non-hydrogen) atoms. The Kier molecular flexibility index (Phi) is 4.36. The third-order valence-electron chi connectivity index (χ3n) is 6.65. The number of carbonyl (C=O) groups excluding carboxylic acids is 1. The van der Waals surface area contributed by atoms with E-state index in [9.17, 15) is 4.79 Å². The minimum atomic E-state index is 0.00907. The van der Waals surface area contributed by atoms with Gasteiger partial charge < -0.3 is 4.90 Å². The SMILES string of the molecule is CC1(C)[C@H]2CC=C(CN3CCCN(C(=O)c4cnccn4)CC3)[C@@H]1C2. The first kappa shape index (κ1) is 16.7. The van der Waals surface area contributed by atoms with Gasteiger partial charge in [0.05, 0.1) is 6.20 Å². The van der Waals surface area contributed by atoms with Crippen LogP contribution in [-0.4, -0.2) is 58.4 Å². The molecule has 1 aliphatic heterocycles. The average Bonchev–Trinajstić information content (AvgIpc) is 2.87. The molecule has 5 rings (SSSR count). The maximum Gasteiger partial charge on any atom is 0.274 e. The smallest absolute Gasteiger partial charge is 0.274 e. The lowest BCUT2D eigenvalue weighted by molar-refractivity contribution is -0.0105. The molecule has 2 fully saturated rings. The lowest BCUT2D eigenvalue weighted by atomic mass is 9.49. The van der Waals surface area contributed by atoms with Gasteiger partial charge in [-0.2, -0.15) is 0 Å². The van der Waals surface area contributed by atoms with E-state index in [0.29, 0.717) is 11.1 Å². The molecule has 5 nitrogen and oxygen atoms in total. The molecule has 4 aliphatic rings. The Morgan fingerprint density at radius 2 is 2.12 bits per heavy atom. The maximum atomic E-state index is 12.6. The van der Waals surface area contributed by atoms with Crippen LogP contribution in [0.3, 0.4) is 0 Å². The minimum absolute atomic E-state index is 0.00907. The predicted octanol–water partition coefficient (Wildman–Crippen LogP) is 2.62. The topological polar surface area (TPSA) is 49.3 Å². The molecule has 0 spiro atoms. The van der Waals surface area contributed by atoms with E-state index in [-0.39, 0.29) is 5.91 Å². The molecule has 1 aromatic rings. The van der Waals surface area contributed by atoms with Crippen molar-refractivity contribution in [3.63, 3.8) is 0 Å². The molecule has 1 saturated carbocycles. The molecular weight excluding hydrogens is 312 g/mol. The zero-order valence-electron chi connectivity index (χ0n) is 15.3. The summed E-state index contributed by atoms with van der Waals surface area (Å²) < 4.78 is 0. The quantitative estimate of drug-likeness (QED) is 0.794. The highest BCUT2D eigenvalue weighted by molar-refractivity contribution is 5.91. The summed E-state index contributed by atoms with van der Waals surface area (Å²) in [5.41, 5.74) is 2.58. The number of carbonyl (C=O) groups is 1. The molecule has 0 radical (unpaired) electrons. The molecule has 0 N–H and O–H groups in total. The third-order valence-corrected chi connectivity index (χ3v) is 6.65. The van der Waals surface area contributed by atoms with Gasteiger partial charge in [0.2, 0.25) is 0 Å². The zero-order chi connectivity index (χ0) is 17.4. The molecule has 2 heterocycles. The summed E-state index contributed by atoms with van der Waals surface area (Å²) >= 11 is 0. The Hall–Kier alpha value is -1.75. The van der Waals surface area contributed by atoms with Crippen molar-refractivity contribution in [1.82, 2.24) is 19.8 Å². The van der Waals surface area contributed by atoms with Crippen molar-refractivity contribution in [3.05, 3.63) is 35.9 Å². The normalized spacial score (nSPS) is 28.7. The number of amides is 1. The van der Waals surface area contributed by atoms with Crippen molar-refractivity contribution >= 4 is 5.91 Å². The second-order valence-electron chi connectivity index (χ2n) is 8.33. The van der Waals surface area contributed by atoms with E-state index in [1.54, 1.807) is 24.2 Å². The monoisotopic (exact) mass is 340 g/mol. The highest BCUT2D eigenvalue weighted by Gasteiger charge is 2.51. The second-order valence-corrected chi connectivity index (χ2v) is 8.33. The van der Waals surface area contributed by atoms with Gasteiger partial charge in [0, 0.05) is 45.1 Å². The fourth-order valence-corrected chi connectivity index (χ4v) is 4.82. The van der Waals surface area contributed by atoms with Gasteiger partial charge in [-0.05, 0) is 36.5 Å². The predicted molar refractivity (Wildman–Crippen MR) is 97.1 cm³/mol. The van der Waals surface area contributed by atoms with Crippen molar-refractivity contribution in [3.8, 4) is 0 Å². The summed E-state index contributed by atoms with van der Waals surface area (Å²) in [5.74, 6) is 1.67. The number of hydrogen-bond acceptors (Lipinski definition) is 4. The van der Waals surface area contributed by atoms with Crippen LogP contribution in [0.5, 0.6) is 0 Å². The molecular formula is C20H28N4O. The Labute approximate surface area is 150 Å². The number of hydrogen-bond donors (Lipinski definition) is 0. The molecule has 0 aromatic carbocycles. The van der Waals surface area contributed by atoms with Crippen molar-refractivity contribution < 1.29 is 4.79 Å². The minimum Gasteiger partial charge on any atom is -0.336 e. The van der Waals surface area contributed by atoms with E-state index in [0.717, 1.165) is 51.0 Å². The summed E-state index contributed by atoms with van der Waals surface area (Å²) in [6.45, 7) is 9.54. The molecule has 2 atom stereocenters. The van der Waals surface area contributed by atoms with Gasteiger partial charge in [0.25, 0.3) is 5.91 Å². The van der Waals surface area contributed by atoms with Crippen LogP contribution in [0.4, 0.5) is 0 Å². The molecule has 5 heteroatoms. The van der Waals surface area contributed by atoms with Gasteiger partial charge in [-0.15, -0.1) is 0 Å². The van der Waals surface area contributed by atoms with Crippen LogP contribution in [0, 0.1) is 17.3 Å². The van der Waals surface area contributed by atoms with E-state index in [4.69, 9.17) is 0 Å². The number of allylic oxidation sites excluding steroid dienone is 1. The van der Waals surface area contributed by atoms with Gasteiger partial charge in [-0.25, -0.2) is 4.98 Å². The van der Waals surface area contributed by atoms with Crippen LogP contribution in [0.2, 0.25) is 0 Å². The van der Waals surface area contributed by atoms with E-state index in [1.165, 1.54) is 12.8 Å². The maximum absolute atomic E-state index is 12.6. The summed E-state index contributed by atoms with van der Waals surface area (Å²) in [6.07, 6.45) is 10.9. The average molecular weight is 340 g/mol.